The average Bonchev–Trinajstić information content (AvgIpc) is 3.55. The number of ether oxygens (including phenoxy) is 2. The number of anilines is 1. The second kappa shape index (κ2) is 8.15. The Morgan fingerprint density at radius 3 is 2.53 bits per heavy atom. The summed E-state index contributed by atoms with van der Waals surface area (Å²) in [6, 6.07) is 5.53. The van der Waals surface area contributed by atoms with Gasteiger partial charge in [-0.15, -0.1) is 0 Å². The van der Waals surface area contributed by atoms with Crippen LogP contribution in [0.2, 0.25) is 0 Å². The van der Waals surface area contributed by atoms with E-state index in [1.165, 1.54) is 37.5 Å². The first-order valence-electron chi connectivity index (χ1n) is 10.2. The number of hydrogen-bond donors (Lipinski definition) is 1. The topological polar surface area (TPSA) is 107 Å². The molecule has 0 aliphatic carbocycles. The van der Waals surface area contributed by atoms with Gasteiger partial charge in [-0.1, -0.05) is 6.07 Å². The molecule has 1 aromatic carbocycles. The first kappa shape index (κ1) is 20.3. The number of hydrogen-bond acceptors (Lipinski definition) is 9. The SMILES string of the molecule is COc1cc(OC)nc(N2CC3CNC(C(=O)c4c(F)cccc4-n4nccn4)C3C2)n1. The summed E-state index contributed by atoms with van der Waals surface area (Å²) in [7, 11) is 3.06. The number of carbonyl (C=O) groups excluding carboxylic acids is 1. The number of benzene rings is 1. The van der Waals surface area contributed by atoms with Crippen molar-refractivity contribution in [2.75, 3.05) is 38.8 Å². The lowest BCUT2D eigenvalue weighted by molar-refractivity contribution is 0.0926. The van der Waals surface area contributed by atoms with Gasteiger partial charge in [0.05, 0.1) is 50.0 Å². The largest absolute Gasteiger partial charge is 0.481 e. The Bertz CT molecular complexity index is 1120. The molecule has 3 aromatic rings. The van der Waals surface area contributed by atoms with E-state index in [4.69, 9.17) is 9.47 Å². The monoisotopic (exact) mass is 439 g/mol. The minimum atomic E-state index is -0.592. The summed E-state index contributed by atoms with van der Waals surface area (Å²) >= 11 is 0. The van der Waals surface area contributed by atoms with Crippen LogP contribution in [0.25, 0.3) is 5.69 Å². The maximum Gasteiger partial charge on any atom is 0.231 e. The van der Waals surface area contributed by atoms with Crippen LogP contribution in [0.1, 0.15) is 10.4 Å². The molecule has 166 valence electrons. The molecule has 0 radical (unpaired) electrons. The van der Waals surface area contributed by atoms with Crippen LogP contribution in [0.5, 0.6) is 11.8 Å². The standard InChI is InChI=1S/C21H22FN7O3/c1-31-16-8-17(32-2)27-21(26-16)28-10-12-9-23-19(13(12)11-28)20(30)18-14(22)4-3-5-15(18)29-24-6-7-25-29/h3-8,12-13,19,23H,9-11H2,1-2H3. The molecule has 32 heavy (non-hydrogen) atoms. The predicted molar refractivity (Wildman–Crippen MR) is 112 cm³/mol. The third-order valence-corrected chi connectivity index (χ3v) is 6.04. The first-order valence-corrected chi connectivity index (χ1v) is 10.2. The van der Waals surface area contributed by atoms with Crippen LogP contribution in [0, 0.1) is 17.7 Å². The number of methoxy groups -OCH3 is 2. The number of nitrogens with one attached hydrogen (secondary N) is 1. The highest BCUT2D eigenvalue weighted by molar-refractivity contribution is 6.03. The lowest BCUT2D eigenvalue weighted by atomic mass is 9.89. The van der Waals surface area contributed by atoms with E-state index >= 15 is 0 Å². The van der Waals surface area contributed by atoms with Gasteiger partial charge in [-0.2, -0.15) is 25.0 Å². The zero-order valence-electron chi connectivity index (χ0n) is 17.6. The normalized spacial score (nSPS) is 22.1. The zero-order chi connectivity index (χ0) is 22.2. The summed E-state index contributed by atoms with van der Waals surface area (Å²) in [5.41, 5.74) is 0.306. The molecule has 11 heteroatoms. The minimum absolute atomic E-state index is 0.0143. The van der Waals surface area contributed by atoms with Gasteiger partial charge in [-0.3, -0.25) is 4.79 Å². The smallest absolute Gasteiger partial charge is 0.231 e. The Hall–Kier alpha value is -3.60. The van der Waals surface area contributed by atoms with Crippen LogP contribution in [-0.2, 0) is 0 Å². The van der Waals surface area contributed by atoms with Crippen LogP contribution in [0.4, 0.5) is 10.3 Å². The number of fused-ring (bicyclic) bond motifs is 1. The second-order valence-corrected chi connectivity index (χ2v) is 7.78. The van der Waals surface area contributed by atoms with Crippen molar-refractivity contribution in [2.45, 2.75) is 6.04 Å². The van der Waals surface area contributed by atoms with Gasteiger partial charge in [-0.25, -0.2) is 4.39 Å². The van der Waals surface area contributed by atoms with E-state index in [9.17, 15) is 9.18 Å². The Balaban J connectivity index is 1.42. The number of carbonyl (C=O) groups is 1. The molecule has 1 N–H and O–H groups in total. The summed E-state index contributed by atoms with van der Waals surface area (Å²) in [5.74, 6) is 0.549. The molecule has 0 amide bonds. The Kier molecular flexibility index (Phi) is 5.17. The molecule has 2 aliphatic rings. The van der Waals surface area contributed by atoms with E-state index in [1.54, 1.807) is 18.2 Å². The van der Waals surface area contributed by atoms with E-state index in [0.29, 0.717) is 43.0 Å². The Morgan fingerprint density at radius 2 is 1.84 bits per heavy atom. The first-order chi connectivity index (χ1) is 15.6. The molecular weight excluding hydrogens is 417 g/mol. The molecule has 10 nitrogen and oxygen atoms in total. The number of nitrogens with zero attached hydrogens (tertiary/aromatic N) is 6. The molecule has 5 rings (SSSR count). The van der Waals surface area contributed by atoms with E-state index in [1.807, 2.05) is 4.90 Å². The highest BCUT2D eigenvalue weighted by Crippen LogP contribution is 2.35. The van der Waals surface area contributed by atoms with E-state index < -0.39 is 11.9 Å². The summed E-state index contributed by atoms with van der Waals surface area (Å²) < 4.78 is 25.3. The van der Waals surface area contributed by atoms with Crippen molar-refractivity contribution in [2.24, 2.45) is 11.8 Å². The zero-order valence-corrected chi connectivity index (χ0v) is 17.6. The number of halogens is 1. The number of rotatable bonds is 6. The molecule has 2 saturated heterocycles. The van der Waals surface area contributed by atoms with Crippen LogP contribution < -0.4 is 19.7 Å². The molecule has 0 bridgehead atoms. The highest BCUT2D eigenvalue weighted by atomic mass is 19.1. The number of Topliss-reactive ketones (excluding diaryl/α,β-unsaturated/α-hetero) is 1. The van der Waals surface area contributed by atoms with Gasteiger partial charge in [0.25, 0.3) is 0 Å². The highest BCUT2D eigenvalue weighted by Gasteiger charge is 2.47. The fourth-order valence-corrected chi connectivity index (χ4v) is 4.53. The molecule has 0 saturated carbocycles. The molecule has 2 aromatic heterocycles. The van der Waals surface area contributed by atoms with Gasteiger partial charge in [0.15, 0.2) is 5.78 Å². The molecule has 3 atom stereocenters. The molecule has 3 unspecified atom stereocenters. The van der Waals surface area contributed by atoms with Crippen LogP contribution in [0.15, 0.2) is 36.7 Å². The number of ketones is 1. The summed E-state index contributed by atoms with van der Waals surface area (Å²) in [6.07, 6.45) is 2.97. The van der Waals surface area contributed by atoms with E-state index in [-0.39, 0.29) is 23.2 Å². The molecular formula is C21H22FN7O3. The minimum Gasteiger partial charge on any atom is -0.481 e. The second-order valence-electron chi connectivity index (χ2n) is 7.78. The fourth-order valence-electron chi connectivity index (χ4n) is 4.53. The summed E-state index contributed by atoms with van der Waals surface area (Å²) in [6.45, 7) is 1.86. The van der Waals surface area contributed by atoms with Gasteiger partial charge in [0.2, 0.25) is 17.7 Å². The van der Waals surface area contributed by atoms with Gasteiger partial charge in [-0.05, 0) is 18.1 Å². The van der Waals surface area contributed by atoms with Crippen molar-refractivity contribution in [1.29, 1.82) is 0 Å². The van der Waals surface area contributed by atoms with E-state index in [0.717, 1.165) is 0 Å². The van der Waals surface area contributed by atoms with Gasteiger partial charge >= 0.3 is 0 Å². The third-order valence-electron chi connectivity index (χ3n) is 6.04. The summed E-state index contributed by atoms with van der Waals surface area (Å²) in [5, 5.41) is 11.4. The molecule has 0 spiro atoms. The van der Waals surface area contributed by atoms with Crippen LogP contribution in [0.3, 0.4) is 0 Å². The Labute approximate surface area is 183 Å². The molecule has 2 fully saturated rings. The van der Waals surface area contributed by atoms with Crippen molar-refractivity contribution in [3.63, 3.8) is 0 Å². The molecule has 4 heterocycles. The third kappa shape index (κ3) is 3.44. The van der Waals surface area contributed by atoms with Crippen LogP contribution >= 0.6 is 0 Å². The van der Waals surface area contributed by atoms with Crippen molar-refractivity contribution < 1.29 is 18.7 Å². The van der Waals surface area contributed by atoms with Gasteiger partial charge in [0.1, 0.15) is 5.82 Å². The summed E-state index contributed by atoms with van der Waals surface area (Å²) in [4.78, 5) is 25.6. The fraction of sp³-hybridized carbons (Fsp3) is 0.381. The quantitative estimate of drug-likeness (QED) is 0.566. The number of aromatic nitrogens is 5. The predicted octanol–water partition coefficient (Wildman–Crippen LogP) is 1.12. The lowest BCUT2D eigenvalue weighted by Crippen LogP contribution is -2.40. The van der Waals surface area contributed by atoms with Crippen molar-refractivity contribution in [3.8, 4) is 17.4 Å². The maximum atomic E-state index is 14.8. The van der Waals surface area contributed by atoms with Crippen molar-refractivity contribution in [3.05, 3.63) is 48.0 Å². The van der Waals surface area contributed by atoms with Crippen molar-refractivity contribution in [1.82, 2.24) is 30.3 Å². The van der Waals surface area contributed by atoms with Gasteiger partial charge in [0, 0.05) is 25.6 Å². The average molecular weight is 439 g/mol. The molecule has 2 aliphatic heterocycles. The lowest BCUT2D eigenvalue weighted by Gasteiger charge is -2.22. The van der Waals surface area contributed by atoms with Crippen LogP contribution in [-0.4, -0.2) is 70.6 Å². The van der Waals surface area contributed by atoms with E-state index in [2.05, 4.69) is 25.5 Å². The maximum absolute atomic E-state index is 14.8. The van der Waals surface area contributed by atoms with Crippen molar-refractivity contribution >= 4 is 11.7 Å². The Morgan fingerprint density at radius 1 is 1.12 bits per heavy atom. The van der Waals surface area contributed by atoms with Gasteiger partial charge < -0.3 is 19.7 Å².